The number of hydrogen-bond acceptors (Lipinski definition) is 4. The number of aromatic nitrogens is 2. The van der Waals surface area contributed by atoms with Crippen LogP contribution >= 0.6 is 0 Å². The summed E-state index contributed by atoms with van der Waals surface area (Å²) in [6.07, 6.45) is 2.56. The van der Waals surface area contributed by atoms with Crippen molar-refractivity contribution in [2.24, 2.45) is 5.92 Å². The van der Waals surface area contributed by atoms with E-state index in [4.69, 9.17) is 4.74 Å². The molecule has 0 spiro atoms. The number of carbonyl (C=O) groups is 2. The van der Waals surface area contributed by atoms with Gasteiger partial charge in [-0.05, 0) is 31.4 Å². The van der Waals surface area contributed by atoms with Crippen LogP contribution in [0.25, 0.3) is 5.69 Å². The van der Waals surface area contributed by atoms with Crippen LogP contribution in [0.1, 0.15) is 29.8 Å². The first-order valence-electron chi connectivity index (χ1n) is 8.42. The molecule has 0 saturated heterocycles. The predicted octanol–water partition coefficient (Wildman–Crippen LogP) is 1.99. The van der Waals surface area contributed by atoms with Crippen LogP contribution in [0.3, 0.4) is 0 Å². The van der Waals surface area contributed by atoms with Crippen molar-refractivity contribution in [1.29, 1.82) is 0 Å². The van der Waals surface area contributed by atoms with Gasteiger partial charge in [0.25, 0.3) is 5.91 Å². The molecule has 1 aliphatic carbocycles. The van der Waals surface area contributed by atoms with Crippen LogP contribution < -0.4 is 10.6 Å². The number of carbonyl (C=O) groups excluding carboxylic acids is 2. The van der Waals surface area contributed by atoms with Crippen molar-refractivity contribution in [1.82, 2.24) is 15.1 Å². The van der Waals surface area contributed by atoms with E-state index in [9.17, 15) is 9.59 Å². The highest BCUT2D eigenvalue weighted by atomic mass is 16.5. The van der Waals surface area contributed by atoms with Gasteiger partial charge in [0, 0.05) is 32.2 Å². The summed E-state index contributed by atoms with van der Waals surface area (Å²) in [5, 5.41) is 10.1. The number of benzene rings is 1. The second kappa shape index (κ2) is 7.94. The smallest absolute Gasteiger partial charge is 0.271 e. The molecule has 1 aliphatic rings. The van der Waals surface area contributed by atoms with Crippen molar-refractivity contribution in [3.63, 3.8) is 0 Å². The molecule has 1 saturated carbocycles. The number of nitrogens with one attached hydrogen (secondary N) is 2. The van der Waals surface area contributed by atoms with Crippen LogP contribution in [0.5, 0.6) is 0 Å². The Kier molecular flexibility index (Phi) is 5.45. The third kappa shape index (κ3) is 4.45. The second-order valence-corrected chi connectivity index (χ2v) is 6.03. The maximum atomic E-state index is 12.3. The molecule has 0 bridgehead atoms. The summed E-state index contributed by atoms with van der Waals surface area (Å²) in [6.45, 7) is 1.09. The molecular weight excluding hydrogens is 320 g/mol. The molecule has 0 aliphatic heterocycles. The Hall–Kier alpha value is -2.67. The van der Waals surface area contributed by atoms with Gasteiger partial charge in [-0.15, -0.1) is 0 Å². The Morgan fingerprint density at radius 2 is 2.04 bits per heavy atom. The minimum atomic E-state index is -0.271. The topological polar surface area (TPSA) is 85.3 Å². The Balaban J connectivity index is 1.78. The molecule has 2 N–H and O–H groups in total. The minimum Gasteiger partial charge on any atom is -0.385 e. The van der Waals surface area contributed by atoms with Crippen LogP contribution in [-0.4, -0.2) is 41.9 Å². The lowest BCUT2D eigenvalue weighted by atomic mass is 10.3. The molecule has 1 aromatic carbocycles. The molecule has 0 radical (unpaired) electrons. The van der Waals surface area contributed by atoms with Crippen LogP contribution in [0.15, 0.2) is 36.4 Å². The Labute approximate surface area is 146 Å². The number of hydrogen-bond donors (Lipinski definition) is 2. The van der Waals surface area contributed by atoms with E-state index in [2.05, 4.69) is 15.7 Å². The lowest BCUT2D eigenvalue weighted by molar-refractivity contribution is -0.117. The maximum absolute atomic E-state index is 12.3. The lowest BCUT2D eigenvalue weighted by Crippen LogP contribution is -2.25. The highest BCUT2D eigenvalue weighted by Gasteiger charge is 2.30. The molecule has 1 fully saturated rings. The molecule has 1 aromatic heterocycles. The van der Waals surface area contributed by atoms with Gasteiger partial charge in [0.15, 0.2) is 5.69 Å². The van der Waals surface area contributed by atoms with Crippen LogP contribution in [0.2, 0.25) is 0 Å². The number of para-hydroxylation sites is 1. The van der Waals surface area contributed by atoms with E-state index in [1.165, 1.54) is 0 Å². The maximum Gasteiger partial charge on any atom is 0.271 e. The van der Waals surface area contributed by atoms with E-state index >= 15 is 0 Å². The predicted molar refractivity (Wildman–Crippen MR) is 93.7 cm³/mol. The minimum absolute atomic E-state index is 0.0240. The lowest BCUT2D eigenvalue weighted by Gasteiger charge is -2.08. The molecule has 25 heavy (non-hydrogen) atoms. The number of amides is 2. The zero-order chi connectivity index (χ0) is 17.6. The van der Waals surface area contributed by atoms with Gasteiger partial charge in [0.2, 0.25) is 5.91 Å². The molecule has 7 heteroatoms. The highest BCUT2D eigenvalue weighted by molar-refractivity contribution is 5.97. The molecule has 2 aromatic rings. The van der Waals surface area contributed by atoms with Gasteiger partial charge >= 0.3 is 0 Å². The van der Waals surface area contributed by atoms with E-state index in [1.807, 2.05) is 30.3 Å². The Morgan fingerprint density at radius 3 is 2.72 bits per heavy atom. The summed E-state index contributed by atoms with van der Waals surface area (Å²) in [6, 6.07) is 11.0. The van der Waals surface area contributed by atoms with Gasteiger partial charge < -0.3 is 15.4 Å². The zero-order valence-corrected chi connectivity index (χ0v) is 14.2. The first-order chi connectivity index (χ1) is 12.2. The molecule has 132 valence electrons. The third-order valence-corrected chi connectivity index (χ3v) is 3.95. The molecule has 0 unspecified atom stereocenters. The largest absolute Gasteiger partial charge is 0.385 e. The van der Waals surface area contributed by atoms with E-state index < -0.39 is 0 Å². The van der Waals surface area contributed by atoms with Crippen molar-refractivity contribution < 1.29 is 14.3 Å². The molecular formula is C18H22N4O3. The number of ether oxygens (including phenoxy) is 1. The zero-order valence-electron chi connectivity index (χ0n) is 14.2. The van der Waals surface area contributed by atoms with Crippen LogP contribution in [-0.2, 0) is 9.53 Å². The molecule has 3 rings (SSSR count). The summed E-state index contributed by atoms with van der Waals surface area (Å²) in [5.74, 6) is 0.285. The van der Waals surface area contributed by atoms with E-state index in [1.54, 1.807) is 17.9 Å². The number of anilines is 1. The van der Waals surface area contributed by atoms with Gasteiger partial charge in [-0.25, -0.2) is 4.68 Å². The van der Waals surface area contributed by atoms with Gasteiger partial charge in [0.05, 0.1) is 5.69 Å². The summed E-state index contributed by atoms with van der Waals surface area (Å²) in [7, 11) is 1.62. The summed E-state index contributed by atoms with van der Waals surface area (Å²) < 4.78 is 6.55. The first kappa shape index (κ1) is 17.2. The normalized spacial score (nSPS) is 13.5. The van der Waals surface area contributed by atoms with Crippen molar-refractivity contribution in [3.8, 4) is 5.69 Å². The summed E-state index contributed by atoms with van der Waals surface area (Å²) >= 11 is 0. The van der Waals surface area contributed by atoms with Crippen molar-refractivity contribution in [2.45, 2.75) is 19.3 Å². The second-order valence-electron chi connectivity index (χ2n) is 6.03. The fourth-order valence-corrected chi connectivity index (χ4v) is 2.43. The average Bonchev–Trinajstić information content (AvgIpc) is 3.40. The Morgan fingerprint density at radius 1 is 1.28 bits per heavy atom. The van der Waals surface area contributed by atoms with E-state index in [-0.39, 0.29) is 23.4 Å². The van der Waals surface area contributed by atoms with E-state index in [0.717, 1.165) is 24.9 Å². The fraction of sp³-hybridized carbons (Fsp3) is 0.389. The van der Waals surface area contributed by atoms with Gasteiger partial charge in [-0.3, -0.25) is 9.59 Å². The summed E-state index contributed by atoms with van der Waals surface area (Å²) in [5.41, 5.74) is 1.05. The molecule has 7 nitrogen and oxygen atoms in total. The van der Waals surface area contributed by atoms with Gasteiger partial charge in [-0.2, -0.15) is 5.10 Å². The quantitative estimate of drug-likeness (QED) is 0.719. The van der Waals surface area contributed by atoms with Gasteiger partial charge in [-0.1, -0.05) is 18.2 Å². The van der Waals surface area contributed by atoms with E-state index in [0.29, 0.717) is 19.0 Å². The fourth-order valence-electron chi connectivity index (χ4n) is 2.43. The van der Waals surface area contributed by atoms with Crippen LogP contribution in [0, 0.1) is 5.92 Å². The average molecular weight is 342 g/mol. The number of nitrogens with zero attached hydrogens (tertiary/aromatic N) is 2. The SMILES string of the molecule is COCCCNC(=O)c1cc(NC(=O)C2CC2)n(-c2ccccc2)n1. The molecule has 2 amide bonds. The standard InChI is InChI=1S/C18H22N4O3/c1-25-11-5-10-19-18(24)15-12-16(20-17(23)13-8-9-13)22(21-15)14-6-3-2-4-7-14/h2-4,6-7,12-13H,5,8-11H2,1H3,(H,19,24)(H,20,23). The van der Waals surface area contributed by atoms with Gasteiger partial charge in [0.1, 0.15) is 5.82 Å². The number of methoxy groups -OCH3 is 1. The monoisotopic (exact) mass is 342 g/mol. The van der Waals surface area contributed by atoms with Crippen molar-refractivity contribution in [3.05, 3.63) is 42.1 Å². The summed E-state index contributed by atoms with van der Waals surface area (Å²) in [4.78, 5) is 24.4. The van der Waals surface area contributed by atoms with Crippen LogP contribution in [0.4, 0.5) is 5.82 Å². The molecule has 1 heterocycles. The van der Waals surface area contributed by atoms with Crippen molar-refractivity contribution >= 4 is 17.6 Å². The first-order valence-corrected chi connectivity index (χ1v) is 8.42. The third-order valence-electron chi connectivity index (χ3n) is 3.95. The molecule has 0 atom stereocenters. The number of rotatable bonds is 8. The van der Waals surface area contributed by atoms with Crippen molar-refractivity contribution in [2.75, 3.05) is 25.6 Å². The highest BCUT2D eigenvalue weighted by Crippen LogP contribution is 2.30. The Bertz CT molecular complexity index is 738.